The highest BCUT2D eigenvalue weighted by molar-refractivity contribution is 7.99. The second kappa shape index (κ2) is 8.74. The van der Waals surface area contributed by atoms with Gasteiger partial charge in [-0.2, -0.15) is 0 Å². The average Bonchev–Trinajstić information content (AvgIpc) is 2.64. The number of ether oxygens (including phenoxy) is 1. The number of esters is 1. The summed E-state index contributed by atoms with van der Waals surface area (Å²) in [6.07, 6.45) is 3.15. The lowest BCUT2D eigenvalue weighted by Crippen LogP contribution is -2.49. The molecule has 1 fully saturated rings. The van der Waals surface area contributed by atoms with Crippen LogP contribution in [0, 0.1) is 6.92 Å². The molecule has 1 aliphatic rings. The summed E-state index contributed by atoms with van der Waals surface area (Å²) in [7, 11) is 0. The van der Waals surface area contributed by atoms with Crippen molar-refractivity contribution in [1.82, 2.24) is 9.88 Å². The zero-order valence-electron chi connectivity index (χ0n) is 16.1. The van der Waals surface area contributed by atoms with Gasteiger partial charge in [0, 0.05) is 17.5 Å². The number of amides is 1. The molecule has 1 aliphatic heterocycles. The van der Waals surface area contributed by atoms with Crippen molar-refractivity contribution in [3.8, 4) is 0 Å². The van der Waals surface area contributed by atoms with Gasteiger partial charge in [-0.25, -0.2) is 4.98 Å². The molecule has 1 aromatic carbocycles. The number of piperidine rings is 1. The van der Waals surface area contributed by atoms with Gasteiger partial charge in [-0.15, -0.1) is 0 Å². The summed E-state index contributed by atoms with van der Waals surface area (Å²) in [5, 5.41) is 1.90. The Morgan fingerprint density at radius 3 is 2.67 bits per heavy atom. The van der Waals surface area contributed by atoms with Crippen LogP contribution in [0.5, 0.6) is 0 Å². The number of hydrogen-bond acceptors (Lipinski definition) is 5. The Hall–Kier alpha value is -2.08. The SMILES string of the molecule is Cc1cc(SCC(=O)OCC(=O)N2[C@H](C)CCC[C@@H]2C)nc2ccccc12. The van der Waals surface area contributed by atoms with E-state index >= 15 is 0 Å². The number of pyridine rings is 1. The first-order valence-electron chi connectivity index (χ1n) is 9.41. The maximum absolute atomic E-state index is 12.4. The Kier molecular flexibility index (Phi) is 6.37. The van der Waals surface area contributed by atoms with Crippen LogP contribution in [-0.4, -0.2) is 46.2 Å². The van der Waals surface area contributed by atoms with Crippen molar-refractivity contribution in [2.24, 2.45) is 0 Å². The molecular formula is C21H26N2O3S. The van der Waals surface area contributed by atoms with Crippen LogP contribution >= 0.6 is 11.8 Å². The number of likely N-dealkylation sites (tertiary alicyclic amines) is 1. The summed E-state index contributed by atoms with van der Waals surface area (Å²) in [5.74, 6) is -0.352. The number of fused-ring (bicyclic) bond motifs is 1. The van der Waals surface area contributed by atoms with Gasteiger partial charge in [0.25, 0.3) is 5.91 Å². The molecule has 0 aliphatic carbocycles. The number of carbonyl (C=O) groups excluding carboxylic acids is 2. The molecule has 0 radical (unpaired) electrons. The molecule has 0 spiro atoms. The van der Waals surface area contributed by atoms with Crippen LogP contribution in [0.2, 0.25) is 0 Å². The molecule has 5 nitrogen and oxygen atoms in total. The van der Waals surface area contributed by atoms with Crippen molar-refractivity contribution in [1.29, 1.82) is 0 Å². The fourth-order valence-electron chi connectivity index (χ4n) is 3.70. The number of thioether (sulfide) groups is 1. The van der Waals surface area contributed by atoms with Crippen LogP contribution in [0.25, 0.3) is 10.9 Å². The molecule has 1 saturated heterocycles. The van der Waals surface area contributed by atoms with Crippen LogP contribution in [-0.2, 0) is 14.3 Å². The molecule has 2 aromatic rings. The number of hydrogen-bond donors (Lipinski definition) is 0. The van der Waals surface area contributed by atoms with E-state index in [1.54, 1.807) is 0 Å². The van der Waals surface area contributed by atoms with Gasteiger partial charge >= 0.3 is 5.97 Å². The average molecular weight is 387 g/mol. The van der Waals surface area contributed by atoms with E-state index in [9.17, 15) is 9.59 Å². The van der Waals surface area contributed by atoms with E-state index in [1.165, 1.54) is 11.8 Å². The third-order valence-electron chi connectivity index (χ3n) is 5.08. The number of aryl methyl sites for hydroxylation is 1. The van der Waals surface area contributed by atoms with Gasteiger partial charge in [-0.1, -0.05) is 30.0 Å². The summed E-state index contributed by atoms with van der Waals surface area (Å²) < 4.78 is 5.21. The van der Waals surface area contributed by atoms with E-state index in [1.807, 2.05) is 42.2 Å². The standard InChI is InChI=1S/C21H26N2O3S/c1-14-11-19(22-18-10-5-4-9-17(14)18)27-13-21(25)26-12-20(24)23-15(2)7-6-8-16(23)3/h4-5,9-11,15-16H,6-8,12-13H2,1-3H3/t15-,16+. The van der Waals surface area contributed by atoms with Crippen LogP contribution < -0.4 is 0 Å². The summed E-state index contributed by atoms with van der Waals surface area (Å²) in [6, 6.07) is 10.3. The summed E-state index contributed by atoms with van der Waals surface area (Å²) in [6.45, 7) is 5.96. The highest BCUT2D eigenvalue weighted by atomic mass is 32.2. The molecule has 0 saturated carbocycles. The molecule has 3 rings (SSSR count). The second-order valence-electron chi connectivity index (χ2n) is 7.17. The first-order chi connectivity index (χ1) is 13.0. The van der Waals surface area contributed by atoms with Crippen molar-refractivity contribution >= 4 is 34.5 Å². The number of aromatic nitrogens is 1. The maximum Gasteiger partial charge on any atom is 0.316 e. The molecule has 1 aromatic heterocycles. The van der Waals surface area contributed by atoms with E-state index in [4.69, 9.17) is 4.74 Å². The number of rotatable bonds is 5. The first-order valence-corrected chi connectivity index (χ1v) is 10.4. The van der Waals surface area contributed by atoms with Crippen LogP contribution in [0.3, 0.4) is 0 Å². The topological polar surface area (TPSA) is 59.5 Å². The van der Waals surface area contributed by atoms with Gasteiger partial charge in [0.2, 0.25) is 0 Å². The minimum Gasteiger partial charge on any atom is -0.455 e. The van der Waals surface area contributed by atoms with Crippen molar-refractivity contribution < 1.29 is 14.3 Å². The van der Waals surface area contributed by atoms with Gasteiger partial charge in [0.15, 0.2) is 6.61 Å². The molecule has 0 N–H and O–H groups in total. The third-order valence-corrected chi connectivity index (χ3v) is 5.96. The van der Waals surface area contributed by atoms with E-state index in [0.29, 0.717) is 0 Å². The lowest BCUT2D eigenvalue weighted by molar-refractivity contribution is -0.153. The van der Waals surface area contributed by atoms with E-state index < -0.39 is 5.97 Å². The predicted octanol–water partition coefficient (Wildman–Crippen LogP) is 3.97. The van der Waals surface area contributed by atoms with Gasteiger partial charge in [0.1, 0.15) is 0 Å². The Balaban J connectivity index is 1.52. The normalized spacial score (nSPS) is 19.9. The van der Waals surface area contributed by atoms with Crippen molar-refractivity contribution in [2.45, 2.75) is 57.1 Å². The summed E-state index contributed by atoms with van der Waals surface area (Å²) >= 11 is 1.34. The van der Waals surface area contributed by atoms with Gasteiger partial charge < -0.3 is 9.64 Å². The van der Waals surface area contributed by atoms with Gasteiger partial charge in [-0.3, -0.25) is 9.59 Å². The smallest absolute Gasteiger partial charge is 0.316 e. The maximum atomic E-state index is 12.4. The zero-order valence-corrected chi connectivity index (χ0v) is 16.9. The van der Waals surface area contributed by atoms with Crippen molar-refractivity contribution in [3.63, 3.8) is 0 Å². The molecule has 6 heteroatoms. The number of carbonyl (C=O) groups is 2. The predicted molar refractivity (Wildman–Crippen MR) is 108 cm³/mol. The molecular weight excluding hydrogens is 360 g/mol. The minimum absolute atomic E-state index is 0.104. The Bertz CT molecular complexity index is 829. The van der Waals surface area contributed by atoms with E-state index in [0.717, 1.165) is 40.8 Å². The molecule has 0 bridgehead atoms. The molecule has 0 unspecified atom stereocenters. The van der Waals surface area contributed by atoms with E-state index in [2.05, 4.69) is 18.8 Å². The molecule has 27 heavy (non-hydrogen) atoms. The highest BCUT2D eigenvalue weighted by Crippen LogP contribution is 2.24. The van der Waals surface area contributed by atoms with Crippen molar-refractivity contribution in [3.05, 3.63) is 35.9 Å². The van der Waals surface area contributed by atoms with Gasteiger partial charge in [-0.05, 0) is 57.7 Å². The lowest BCUT2D eigenvalue weighted by atomic mass is 9.97. The second-order valence-corrected chi connectivity index (χ2v) is 8.17. The van der Waals surface area contributed by atoms with Crippen molar-refractivity contribution in [2.75, 3.05) is 12.4 Å². The van der Waals surface area contributed by atoms with Crippen LogP contribution in [0.15, 0.2) is 35.4 Å². The largest absolute Gasteiger partial charge is 0.455 e. The Morgan fingerprint density at radius 2 is 1.93 bits per heavy atom. The molecule has 2 heterocycles. The fourth-order valence-corrected chi connectivity index (χ4v) is 4.47. The Morgan fingerprint density at radius 1 is 1.22 bits per heavy atom. The fraction of sp³-hybridized carbons (Fsp3) is 0.476. The zero-order chi connectivity index (χ0) is 19.4. The monoisotopic (exact) mass is 386 g/mol. The van der Waals surface area contributed by atoms with E-state index in [-0.39, 0.29) is 30.4 Å². The lowest BCUT2D eigenvalue weighted by Gasteiger charge is -2.38. The summed E-state index contributed by atoms with van der Waals surface area (Å²) in [5.41, 5.74) is 2.04. The number of nitrogens with zero attached hydrogens (tertiary/aromatic N) is 2. The quantitative estimate of drug-likeness (QED) is 0.575. The van der Waals surface area contributed by atoms with Crippen LogP contribution in [0.1, 0.15) is 38.7 Å². The Labute approximate surface area is 164 Å². The number of benzene rings is 1. The molecule has 144 valence electrons. The van der Waals surface area contributed by atoms with Crippen LogP contribution in [0.4, 0.5) is 0 Å². The van der Waals surface area contributed by atoms with Gasteiger partial charge in [0.05, 0.1) is 16.3 Å². The first kappa shape index (κ1) is 19.7. The molecule has 2 atom stereocenters. The molecule has 1 amide bonds. The summed E-state index contributed by atoms with van der Waals surface area (Å²) in [4.78, 5) is 30.9. The third kappa shape index (κ3) is 4.80. The minimum atomic E-state index is -0.390. The number of para-hydroxylation sites is 1. The highest BCUT2D eigenvalue weighted by Gasteiger charge is 2.29.